The van der Waals surface area contributed by atoms with Gasteiger partial charge in [0.2, 0.25) is 0 Å². The van der Waals surface area contributed by atoms with Crippen molar-refractivity contribution < 1.29 is 41.7 Å². The molecule has 3 rings (SSSR count). The topological polar surface area (TPSA) is 88.8 Å². The smallest absolute Gasteiger partial charge is 0.420 e. The molecule has 0 fully saturated rings. The first-order valence-electron chi connectivity index (χ1n) is 10.7. The summed E-state index contributed by atoms with van der Waals surface area (Å²) in [5.74, 6) is -3.77. The first-order valence-corrected chi connectivity index (χ1v) is 11.0. The molecule has 12 heteroatoms. The number of carbonyl (C=O) groups is 1. The molecule has 37 heavy (non-hydrogen) atoms. The van der Waals surface area contributed by atoms with Gasteiger partial charge in [0.25, 0.3) is 12.0 Å². The number of aliphatic hydroxyl groups is 1. The molecule has 1 heterocycles. The number of hydrogen-bond acceptors (Lipinski definition) is 4. The van der Waals surface area contributed by atoms with Crippen molar-refractivity contribution in [2.45, 2.75) is 38.0 Å². The number of benzene rings is 2. The summed E-state index contributed by atoms with van der Waals surface area (Å²) in [6, 6.07) is 6.86. The molecule has 2 N–H and O–H groups in total. The van der Waals surface area contributed by atoms with E-state index in [1.807, 2.05) is 0 Å². The van der Waals surface area contributed by atoms with E-state index >= 15 is 0 Å². The highest BCUT2D eigenvalue weighted by atomic mass is 35.5. The maximum absolute atomic E-state index is 14.3. The summed E-state index contributed by atoms with van der Waals surface area (Å²) >= 11 is 6.28. The highest BCUT2D eigenvalue weighted by molar-refractivity contribution is 6.31. The molecule has 1 aromatic heterocycles. The minimum absolute atomic E-state index is 0.0422. The van der Waals surface area contributed by atoms with Gasteiger partial charge in [-0.05, 0) is 48.9 Å². The number of aryl methyl sites for hydroxylation is 2. The Hall–Kier alpha value is -3.44. The maximum Gasteiger partial charge on any atom is 0.420 e. The van der Waals surface area contributed by atoms with E-state index in [9.17, 15) is 36.6 Å². The van der Waals surface area contributed by atoms with E-state index in [0.717, 1.165) is 35.0 Å². The van der Waals surface area contributed by atoms with E-state index in [-0.39, 0.29) is 27.5 Å². The number of alkyl halides is 5. The molecule has 0 saturated carbocycles. The van der Waals surface area contributed by atoms with Crippen LogP contribution in [-0.2, 0) is 18.8 Å². The fourth-order valence-electron chi connectivity index (χ4n) is 3.92. The van der Waals surface area contributed by atoms with Crippen LogP contribution < -0.4 is 10.3 Å². The summed E-state index contributed by atoms with van der Waals surface area (Å²) in [6.07, 6.45) is -7.13. The highest BCUT2D eigenvalue weighted by Gasteiger charge is 2.46. The Morgan fingerprint density at radius 3 is 2.27 bits per heavy atom. The molecule has 2 unspecified atom stereocenters. The predicted octanol–water partition coefficient (Wildman–Crippen LogP) is 6.11. The van der Waals surface area contributed by atoms with Crippen molar-refractivity contribution in [1.82, 2.24) is 4.57 Å². The average molecular weight is 546 g/mol. The van der Waals surface area contributed by atoms with Gasteiger partial charge < -0.3 is 19.5 Å². The largest absolute Gasteiger partial charge is 0.478 e. The Morgan fingerprint density at radius 2 is 1.76 bits per heavy atom. The van der Waals surface area contributed by atoms with Gasteiger partial charge in [-0.25, -0.2) is 13.6 Å². The van der Waals surface area contributed by atoms with E-state index < -0.39 is 52.5 Å². The summed E-state index contributed by atoms with van der Waals surface area (Å²) < 4.78 is 75.3. The Bertz CT molecular complexity index is 1380. The van der Waals surface area contributed by atoms with E-state index in [4.69, 9.17) is 21.4 Å². The number of nitrogens with zero attached hydrogens (tertiary/aromatic N) is 1. The van der Waals surface area contributed by atoms with Crippen LogP contribution in [-0.4, -0.2) is 27.2 Å². The SMILES string of the molecule is Cc1cc(C(O)(C(F)F)C(C)c2ccc(Oc3ccc(C(=O)O)cc3C(F)(F)F)cc2Cl)cn(C)c1=O. The molecule has 198 valence electrons. The number of carboxylic acids is 1. The lowest BCUT2D eigenvalue weighted by atomic mass is 9.78. The molecule has 0 saturated heterocycles. The number of pyridine rings is 1. The molecular weight excluding hydrogens is 525 g/mol. The van der Waals surface area contributed by atoms with E-state index in [1.165, 1.54) is 33.0 Å². The lowest BCUT2D eigenvalue weighted by Crippen LogP contribution is -2.41. The molecule has 0 aliphatic heterocycles. The van der Waals surface area contributed by atoms with Gasteiger partial charge in [0.05, 0.1) is 11.1 Å². The average Bonchev–Trinajstić information content (AvgIpc) is 2.80. The second-order valence-corrected chi connectivity index (χ2v) is 8.88. The van der Waals surface area contributed by atoms with Crippen LogP contribution in [0.15, 0.2) is 53.5 Å². The van der Waals surface area contributed by atoms with Gasteiger partial charge in [0.15, 0.2) is 5.60 Å². The molecule has 2 atom stereocenters. The van der Waals surface area contributed by atoms with Gasteiger partial charge in [-0.2, -0.15) is 13.2 Å². The third-order valence-electron chi connectivity index (χ3n) is 6.02. The zero-order chi connectivity index (χ0) is 27.9. The number of aromatic nitrogens is 1. The minimum Gasteiger partial charge on any atom is -0.478 e. The predicted molar refractivity (Wildman–Crippen MR) is 125 cm³/mol. The van der Waals surface area contributed by atoms with Crippen LogP contribution in [0.1, 0.15) is 45.5 Å². The van der Waals surface area contributed by atoms with Crippen molar-refractivity contribution in [3.63, 3.8) is 0 Å². The van der Waals surface area contributed by atoms with E-state index in [0.29, 0.717) is 6.07 Å². The molecular formula is C25H21ClF5NO5. The molecule has 0 radical (unpaired) electrons. The van der Waals surface area contributed by atoms with E-state index in [1.54, 1.807) is 0 Å². The summed E-state index contributed by atoms with van der Waals surface area (Å²) in [5.41, 5.74) is -5.17. The third-order valence-corrected chi connectivity index (χ3v) is 6.34. The van der Waals surface area contributed by atoms with Crippen molar-refractivity contribution in [3.05, 3.63) is 91.9 Å². The molecule has 0 spiro atoms. The van der Waals surface area contributed by atoms with Gasteiger partial charge in [-0.3, -0.25) is 4.79 Å². The zero-order valence-electron chi connectivity index (χ0n) is 19.6. The monoisotopic (exact) mass is 545 g/mol. The van der Waals surface area contributed by atoms with Crippen LogP contribution in [0, 0.1) is 6.92 Å². The first kappa shape index (κ1) is 28.1. The van der Waals surface area contributed by atoms with Crippen LogP contribution in [0.5, 0.6) is 11.5 Å². The Labute approximate surface area is 212 Å². The van der Waals surface area contributed by atoms with Gasteiger partial charge in [-0.1, -0.05) is 24.6 Å². The van der Waals surface area contributed by atoms with Crippen LogP contribution in [0.4, 0.5) is 22.0 Å². The minimum atomic E-state index is -4.93. The Kier molecular flexibility index (Phi) is 7.71. The number of carboxylic acid groups (broad SMARTS) is 1. The summed E-state index contributed by atoms with van der Waals surface area (Å²) in [5, 5.41) is 19.9. The fourth-order valence-corrected chi connectivity index (χ4v) is 4.26. The molecule has 2 aromatic carbocycles. The van der Waals surface area contributed by atoms with Crippen LogP contribution >= 0.6 is 11.6 Å². The molecule has 0 aliphatic rings. The number of aromatic carboxylic acids is 1. The zero-order valence-corrected chi connectivity index (χ0v) is 20.4. The van der Waals surface area contributed by atoms with Gasteiger partial charge in [0, 0.05) is 35.3 Å². The number of halogens is 6. The van der Waals surface area contributed by atoms with Gasteiger partial charge in [0.1, 0.15) is 11.5 Å². The maximum atomic E-state index is 14.3. The Morgan fingerprint density at radius 1 is 1.11 bits per heavy atom. The number of rotatable bonds is 7. The second-order valence-electron chi connectivity index (χ2n) is 8.47. The van der Waals surface area contributed by atoms with Gasteiger partial charge >= 0.3 is 12.1 Å². The summed E-state index contributed by atoms with van der Waals surface area (Å²) in [7, 11) is 1.35. The standard InChI is InChI=1S/C25H21ClF5NO5/c1-12-8-15(11-32(3)21(12)33)24(36,23(27)28)13(2)17-6-5-16(10-19(17)26)37-20-7-4-14(22(34)35)9-18(20)25(29,30)31/h4-11,13,23,36H,1-3H3,(H,34,35). The summed E-state index contributed by atoms with van der Waals surface area (Å²) in [4.78, 5) is 23.1. The molecule has 0 aliphatic carbocycles. The van der Waals surface area contributed by atoms with Crippen LogP contribution in [0.25, 0.3) is 0 Å². The highest BCUT2D eigenvalue weighted by Crippen LogP contribution is 2.45. The third kappa shape index (κ3) is 5.47. The quantitative estimate of drug-likeness (QED) is 0.350. The van der Waals surface area contributed by atoms with Crippen LogP contribution in [0.3, 0.4) is 0 Å². The normalized spacial score (nSPS) is 14.4. The van der Waals surface area contributed by atoms with Crippen molar-refractivity contribution in [1.29, 1.82) is 0 Å². The molecule has 0 bridgehead atoms. The molecule has 3 aromatic rings. The molecule has 0 amide bonds. The lowest BCUT2D eigenvalue weighted by molar-refractivity contribution is -0.138. The van der Waals surface area contributed by atoms with Crippen molar-refractivity contribution in [2.24, 2.45) is 7.05 Å². The Balaban J connectivity index is 2.01. The molecule has 6 nitrogen and oxygen atoms in total. The van der Waals surface area contributed by atoms with Crippen molar-refractivity contribution in [2.75, 3.05) is 0 Å². The second kappa shape index (κ2) is 10.1. The van der Waals surface area contributed by atoms with Crippen molar-refractivity contribution in [3.8, 4) is 11.5 Å². The summed E-state index contributed by atoms with van der Waals surface area (Å²) in [6.45, 7) is 2.71. The van der Waals surface area contributed by atoms with Crippen LogP contribution in [0.2, 0.25) is 5.02 Å². The number of ether oxygens (including phenoxy) is 1. The number of hydrogen-bond donors (Lipinski definition) is 2. The fraction of sp³-hybridized carbons (Fsp3) is 0.280. The first-order chi connectivity index (χ1) is 17.1. The van der Waals surface area contributed by atoms with E-state index in [2.05, 4.69) is 0 Å². The van der Waals surface area contributed by atoms with Crippen molar-refractivity contribution >= 4 is 17.6 Å². The lowest BCUT2D eigenvalue weighted by Gasteiger charge is -2.35. The van der Waals surface area contributed by atoms with Gasteiger partial charge in [-0.15, -0.1) is 0 Å².